The third kappa shape index (κ3) is 5.90. The third-order valence-corrected chi connectivity index (χ3v) is 6.43. The predicted molar refractivity (Wildman–Crippen MR) is 125 cm³/mol. The zero-order chi connectivity index (χ0) is 20.9. The molecule has 0 bridgehead atoms. The molecule has 28 heavy (non-hydrogen) atoms. The smallest absolute Gasteiger partial charge is 0.0599 e. The minimum absolute atomic E-state index is 0.263. The highest BCUT2D eigenvalue weighted by atomic mass is 15.2. The first kappa shape index (κ1) is 22.6. The topological polar surface area (TPSA) is 24.7 Å². The number of allylic oxidation sites excluding steroid dienone is 8. The second-order valence-corrected chi connectivity index (χ2v) is 10.0. The van der Waals surface area contributed by atoms with Crippen LogP contribution >= 0.6 is 0 Å². The van der Waals surface area contributed by atoms with Gasteiger partial charge in [-0.2, -0.15) is 10.2 Å². The first-order valence-electron chi connectivity index (χ1n) is 10.9. The Hall–Kier alpha value is -1.70. The molecule has 0 fully saturated rings. The van der Waals surface area contributed by atoms with E-state index >= 15 is 0 Å². The van der Waals surface area contributed by atoms with Gasteiger partial charge in [0.1, 0.15) is 0 Å². The highest BCUT2D eigenvalue weighted by Gasteiger charge is 2.27. The second-order valence-electron chi connectivity index (χ2n) is 10.0. The van der Waals surface area contributed by atoms with E-state index in [1.807, 2.05) is 13.8 Å². The van der Waals surface area contributed by atoms with Crippen LogP contribution in [0.5, 0.6) is 0 Å². The molecule has 2 aliphatic rings. The maximum absolute atomic E-state index is 4.43. The van der Waals surface area contributed by atoms with Crippen LogP contribution in [0, 0.1) is 10.8 Å². The van der Waals surface area contributed by atoms with E-state index in [9.17, 15) is 0 Å². The predicted octanol–water partition coefficient (Wildman–Crippen LogP) is 7.99. The van der Waals surface area contributed by atoms with Gasteiger partial charge >= 0.3 is 0 Å². The molecule has 0 saturated carbocycles. The lowest BCUT2D eigenvalue weighted by atomic mass is 9.72. The number of nitrogens with zero attached hydrogens (tertiary/aromatic N) is 2. The first-order valence-corrected chi connectivity index (χ1v) is 10.9. The quantitative estimate of drug-likeness (QED) is 0.341. The molecule has 0 unspecified atom stereocenters. The fraction of sp³-hybridized carbons (Fsp3) is 0.615. The van der Waals surface area contributed by atoms with E-state index in [0.29, 0.717) is 0 Å². The standard InChI is InChI=1S/C26H40N2/c1-19-11-9-17-25(5,6)23(19)15-13-21(3)27-28-22(4)14-16-24-20(2)12-10-18-26(24,7)8/h13-16H,9-12,17-18H2,1-8H3/b15-13+,16-14?,27-21-,28-22+. The lowest BCUT2D eigenvalue weighted by Gasteiger charge is -2.32. The fourth-order valence-electron chi connectivity index (χ4n) is 4.65. The summed E-state index contributed by atoms with van der Waals surface area (Å²) in [6.07, 6.45) is 16.3. The van der Waals surface area contributed by atoms with Gasteiger partial charge in [-0.05, 0) is 100 Å². The van der Waals surface area contributed by atoms with E-state index in [1.165, 1.54) is 60.8 Å². The van der Waals surface area contributed by atoms with Gasteiger partial charge in [0.15, 0.2) is 0 Å². The molecule has 0 heterocycles. The van der Waals surface area contributed by atoms with E-state index in [1.54, 1.807) is 0 Å². The maximum atomic E-state index is 4.43. The van der Waals surface area contributed by atoms with Gasteiger partial charge in [0.05, 0.1) is 11.4 Å². The molecule has 154 valence electrons. The van der Waals surface area contributed by atoms with Crippen LogP contribution in [0.4, 0.5) is 0 Å². The molecular formula is C26H40N2. The second kappa shape index (κ2) is 9.20. The van der Waals surface area contributed by atoms with Gasteiger partial charge in [0.2, 0.25) is 0 Å². The summed E-state index contributed by atoms with van der Waals surface area (Å²) in [6, 6.07) is 0. The normalized spacial score (nSPS) is 24.0. The molecule has 2 rings (SSSR count). The largest absolute Gasteiger partial charge is 0.156 e. The summed E-state index contributed by atoms with van der Waals surface area (Å²) >= 11 is 0. The Morgan fingerprint density at radius 1 is 0.714 bits per heavy atom. The maximum Gasteiger partial charge on any atom is 0.0599 e. The van der Waals surface area contributed by atoms with Crippen molar-refractivity contribution in [2.45, 2.75) is 93.9 Å². The highest BCUT2D eigenvalue weighted by molar-refractivity contribution is 5.96. The van der Waals surface area contributed by atoms with Crippen molar-refractivity contribution in [3.63, 3.8) is 0 Å². The van der Waals surface area contributed by atoms with Gasteiger partial charge in [-0.3, -0.25) is 0 Å². The van der Waals surface area contributed by atoms with Crippen LogP contribution in [0.2, 0.25) is 0 Å². The summed E-state index contributed by atoms with van der Waals surface area (Å²) in [4.78, 5) is 0. The zero-order valence-corrected chi connectivity index (χ0v) is 19.4. The molecule has 0 spiro atoms. The minimum Gasteiger partial charge on any atom is -0.156 e. The summed E-state index contributed by atoms with van der Waals surface area (Å²) in [5.41, 5.74) is 8.39. The van der Waals surface area contributed by atoms with Crippen LogP contribution in [0.25, 0.3) is 0 Å². The molecule has 0 atom stereocenters. The van der Waals surface area contributed by atoms with Gasteiger partial charge in [0.25, 0.3) is 0 Å². The van der Waals surface area contributed by atoms with Crippen LogP contribution in [0.3, 0.4) is 0 Å². The van der Waals surface area contributed by atoms with Crippen molar-refractivity contribution >= 4 is 11.4 Å². The molecule has 0 amide bonds. The van der Waals surface area contributed by atoms with Crippen LogP contribution in [0.15, 0.2) is 56.8 Å². The van der Waals surface area contributed by atoms with Crippen molar-refractivity contribution in [3.05, 3.63) is 46.6 Å². The molecule has 2 aliphatic carbocycles. The molecule has 0 saturated heterocycles. The Bertz CT molecular complexity index is 698. The number of hydrogen-bond acceptors (Lipinski definition) is 2. The van der Waals surface area contributed by atoms with Gasteiger partial charge in [-0.15, -0.1) is 0 Å². The number of rotatable bonds is 5. The van der Waals surface area contributed by atoms with E-state index in [2.05, 4.69) is 76.0 Å². The molecule has 0 aromatic rings. The van der Waals surface area contributed by atoms with Crippen LogP contribution in [-0.4, -0.2) is 11.4 Å². The molecule has 0 N–H and O–H groups in total. The molecule has 2 nitrogen and oxygen atoms in total. The SMILES string of the molecule is CC1=C(C=C/C(C)=N/N=C(C)\C=C\C2=C(C)CCCC2(C)C)C(C)(C)CCC1. The summed E-state index contributed by atoms with van der Waals surface area (Å²) in [6.45, 7) is 18.0. The monoisotopic (exact) mass is 380 g/mol. The Morgan fingerprint density at radius 3 is 1.39 bits per heavy atom. The van der Waals surface area contributed by atoms with Crippen LogP contribution in [0.1, 0.15) is 93.9 Å². The fourth-order valence-corrected chi connectivity index (χ4v) is 4.65. The van der Waals surface area contributed by atoms with Crippen molar-refractivity contribution < 1.29 is 0 Å². The first-order chi connectivity index (χ1) is 13.0. The van der Waals surface area contributed by atoms with E-state index in [0.717, 1.165) is 11.4 Å². The third-order valence-electron chi connectivity index (χ3n) is 6.43. The minimum atomic E-state index is 0.263. The summed E-state index contributed by atoms with van der Waals surface area (Å²) in [7, 11) is 0. The molecule has 0 aromatic carbocycles. The van der Waals surface area contributed by atoms with Crippen molar-refractivity contribution in [2.75, 3.05) is 0 Å². The van der Waals surface area contributed by atoms with Crippen molar-refractivity contribution in [1.82, 2.24) is 0 Å². The molecule has 2 heteroatoms. The van der Waals surface area contributed by atoms with Gasteiger partial charge < -0.3 is 0 Å². The lowest BCUT2D eigenvalue weighted by Crippen LogP contribution is -2.19. The molecule has 0 aliphatic heterocycles. The van der Waals surface area contributed by atoms with E-state index in [4.69, 9.17) is 0 Å². The Labute approximate surface area is 173 Å². The lowest BCUT2D eigenvalue weighted by molar-refractivity contribution is 0.376. The average Bonchev–Trinajstić information content (AvgIpc) is 2.58. The Kier molecular flexibility index (Phi) is 7.42. The average molecular weight is 381 g/mol. The zero-order valence-electron chi connectivity index (χ0n) is 19.4. The van der Waals surface area contributed by atoms with Crippen LogP contribution < -0.4 is 0 Å². The number of hydrogen-bond donors (Lipinski definition) is 0. The van der Waals surface area contributed by atoms with Gasteiger partial charge in [-0.25, -0.2) is 0 Å². The summed E-state index contributed by atoms with van der Waals surface area (Å²) in [5, 5.41) is 8.86. The molecular weight excluding hydrogens is 340 g/mol. The van der Waals surface area contributed by atoms with Crippen molar-refractivity contribution in [2.24, 2.45) is 21.0 Å². The molecule has 0 radical (unpaired) electrons. The highest BCUT2D eigenvalue weighted by Crippen LogP contribution is 2.41. The van der Waals surface area contributed by atoms with Crippen molar-refractivity contribution in [1.29, 1.82) is 0 Å². The van der Waals surface area contributed by atoms with Crippen LogP contribution in [-0.2, 0) is 0 Å². The Morgan fingerprint density at radius 2 is 1.07 bits per heavy atom. The van der Waals surface area contributed by atoms with Gasteiger partial charge in [0, 0.05) is 0 Å². The Balaban J connectivity index is 2.10. The van der Waals surface area contributed by atoms with Crippen molar-refractivity contribution in [3.8, 4) is 0 Å². The van der Waals surface area contributed by atoms with E-state index < -0.39 is 0 Å². The molecule has 0 aromatic heterocycles. The summed E-state index contributed by atoms with van der Waals surface area (Å²) in [5.74, 6) is 0. The summed E-state index contributed by atoms with van der Waals surface area (Å²) < 4.78 is 0. The van der Waals surface area contributed by atoms with Gasteiger partial charge in [-0.1, -0.05) is 51.0 Å². The van der Waals surface area contributed by atoms with E-state index in [-0.39, 0.29) is 10.8 Å².